The summed E-state index contributed by atoms with van der Waals surface area (Å²) < 4.78 is 22.6. The van der Waals surface area contributed by atoms with Crippen LogP contribution in [0.25, 0.3) is 22.4 Å². The lowest BCUT2D eigenvalue weighted by Crippen LogP contribution is -2.05. The third-order valence-electron chi connectivity index (χ3n) is 5.34. The number of hydrogen-bond donors (Lipinski definition) is 0. The van der Waals surface area contributed by atoms with Crippen LogP contribution >= 0.6 is 0 Å². The molecule has 154 valence electrons. The Bertz CT molecular complexity index is 1130. The highest BCUT2D eigenvalue weighted by Crippen LogP contribution is 2.28. The molecule has 0 spiro atoms. The molecule has 0 atom stereocenters. The molecule has 0 aliphatic carbocycles. The normalized spacial score (nSPS) is 11.3. The Morgan fingerprint density at radius 1 is 0.900 bits per heavy atom. The van der Waals surface area contributed by atoms with E-state index in [-0.39, 0.29) is 5.82 Å². The minimum absolute atomic E-state index is 0.248. The van der Waals surface area contributed by atoms with Gasteiger partial charge in [0.2, 0.25) is 0 Å². The van der Waals surface area contributed by atoms with Crippen molar-refractivity contribution in [2.24, 2.45) is 0 Å². The molecule has 1 heterocycles. The number of hydrogen-bond acceptors (Lipinski definition) is 2. The van der Waals surface area contributed by atoms with Gasteiger partial charge in [0.15, 0.2) is 0 Å². The van der Waals surface area contributed by atoms with Gasteiger partial charge in [-0.05, 0) is 54.7 Å². The van der Waals surface area contributed by atoms with Gasteiger partial charge in [-0.2, -0.15) is 0 Å². The molecule has 0 fully saturated rings. The molecule has 0 aliphatic rings. The van der Waals surface area contributed by atoms with Crippen molar-refractivity contribution in [3.63, 3.8) is 0 Å². The van der Waals surface area contributed by atoms with Crippen molar-refractivity contribution >= 4 is 11.0 Å². The van der Waals surface area contributed by atoms with Gasteiger partial charge in [-0.1, -0.05) is 56.3 Å². The Morgan fingerprint density at radius 3 is 2.47 bits per heavy atom. The predicted molar refractivity (Wildman–Crippen MR) is 120 cm³/mol. The summed E-state index contributed by atoms with van der Waals surface area (Å²) in [6, 6.07) is 23.0. The highest BCUT2D eigenvalue weighted by Gasteiger charge is 2.15. The lowest BCUT2D eigenvalue weighted by Gasteiger charge is -2.14. The average Bonchev–Trinajstić information content (AvgIpc) is 3.12. The van der Waals surface area contributed by atoms with Gasteiger partial charge in [-0.25, -0.2) is 9.37 Å². The van der Waals surface area contributed by atoms with Crippen LogP contribution in [-0.4, -0.2) is 16.2 Å². The van der Waals surface area contributed by atoms with Crippen LogP contribution in [0.1, 0.15) is 38.2 Å². The quantitative estimate of drug-likeness (QED) is 0.302. The summed E-state index contributed by atoms with van der Waals surface area (Å²) in [5.74, 6) is 1.83. The SMILES string of the molecule is CC(C)c1ccccc1OCCCCn1c(-c2ccccc2F)nc2ccccc21. The number of aryl methyl sites for hydroxylation is 1. The molecule has 4 rings (SSSR count). The Kier molecular flexibility index (Phi) is 6.12. The Hall–Kier alpha value is -3.14. The third-order valence-corrected chi connectivity index (χ3v) is 5.34. The van der Waals surface area contributed by atoms with E-state index in [1.807, 2.05) is 42.5 Å². The highest BCUT2D eigenvalue weighted by molar-refractivity contribution is 5.80. The molecular formula is C26H27FN2O. The van der Waals surface area contributed by atoms with E-state index >= 15 is 0 Å². The molecule has 4 heteroatoms. The number of benzene rings is 3. The van der Waals surface area contributed by atoms with Gasteiger partial charge in [0.05, 0.1) is 23.2 Å². The second kappa shape index (κ2) is 9.12. The minimum atomic E-state index is -0.248. The molecular weight excluding hydrogens is 375 g/mol. The lowest BCUT2D eigenvalue weighted by atomic mass is 10.0. The van der Waals surface area contributed by atoms with Crippen LogP contribution in [0.15, 0.2) is 72.8 Å². The zero-order chi connectivity index (χ0) is 20.9. The number of nitrogens with zero attached hydrogens (tertiary/aromatic N) is 2. The van der Waals surface area contributed by atoms with Crippen molar-refractivity contribution < 1.29 is 9.13 Å². The van der Waals surface area contributed by atoms with Crippen LogP contribution in [0.5, 0.6) is 5.75 Å². The zero-order valence-electron chi connectivity index (χ0n) is 17.5. The van der Waals surface area contributed by atoms with Gasteiger partial charge in [0.25, 0.3) is 0 Å². The standard InChI is InChI=1S/C26H27FN2O/c1-19(2)20-11-4-8-16-25(20)30-18-10-9-17-29-24-15-7-6-14-23(24)28-26(29)21-12-3-5-13-22(21)27/h3-8,11-16,19H,9-10,17-18H2,1-2H3. The van der Waals surface area contributed by atoms with Gasteiger partial charge in [-0.15, -0.1) is 0 Å². The first-order valence-electron chi connectivity index (χ1n) is 10.6. The average molecular weight is 403 g/mol. The minimum Gasteiger partial charge on any atom is -0.493 e. The van der Waals surface area contributed by atoms with Crippen molar-refractivity contribution in [3.05, 3.63) is 84.2 Å². The number of imidazole rings is 1. The summed E-state index contributed by atoms with van der Waals surface area (Å²) in [6.07, 6.45) is 1.83. The summed E-state index contributed by atoms with van der Waals surface area (Å²) in [7, 11) is 0. The summed E-state index contributed by atoms with van der Waals surface area (Å²) >= 11 is 0. The predicted octanol–water partition coefficient (Wildman–Crippen LogP) is 6.83. The van der Waals surface area contributed by atoms with Gasteiger partial charge in [-0.3, -0.25) is 0 Å². The first-order valence-corrected chi connectivity index (χ1v) is 10.6. The first kappa shape index (κ1) is 20.1. The van der Waals surface area contributed by atoms with E-state index in [0.717, 1.165) is 36.2 Å². The van der Waals surface area contributed by atoms with E-state index in [2.05, 4.69) is 30.5 Å². The molecule has 0 radical (unpaired) electrons. The van der Waals surface area contributed by atoms with Crippen molar-refractivity contribution in [3.8, 4) is 17.1 Å². The van der Waals surface area contributed by atoms with Crippen LogP contribution in [0.4, 0.5) is 4.39 Å². The van der Waals surface area contributed by atoms with E-state index in [1.54, 1.807) is 12.1 Å². The number of rotatable bonds is 8. The van der Waals surface area contributed by atoms with E-state index < -0.39 is 0 Å². The van der Waals surface area contributed by atoms with Crippen LogP contribution in [0.3, 0.4) is 0 Å². The number of aromatic nitrogens is 2. The smallest absolute Gasteiger partial charge is 0.144 e. The number of para-hydroxylation sites is 3. The maximum absolute atomic E-state index is 14.4. The fourth-order valence-electron chi connectivity index (χ4n) is 3.79. The van der Waals surface area contributed by atoms with E-state index in [9.17, 15) is 4.39 Å². The molecule has 0 bridgehead atoms. The molecule has 30 heavy (non-hydrogen) atoms. The summed E-state index contributed by atoms with van der Waals surface area (Å²) in [5, 5.41) is 0. The second-order valence-corrected chi connectivity index (χ2v) is 7.80. The molecule has 3 nitrogen and oxygen atoms in total. The Morgan fingerprint density at radius 2 is 1.63 bits per heavy atom. The fourth-order valence-corrected chi connectivity index (χ4v) is 3.79. The molecule has 0 N–H and O–H groups in total. The lowest BCUT2D eigenvalue weighted by molar-refractivity contribution is 0.299. The van der Waals surface area contributed by atoms with Crippen LogP contribution < -0.4 is 4.74 Å². The van der Waals surface area contributed by atoms with E-state index in [4.69, 9.17) is 9.72 Å². The molecule has 0 saturated carbocycles. The van der Waals surface area contributed by atoms with Crippen molar-refractivity contribution in [2.75, 3.05) is 6.61 Å². The fraction of sp³-hybridized carbons (Fsp3) is 0.269. The van der Waals surface area contributed by atoms with Gasteiger partial charge in [0.1, 0.15) is 17.4 Å². The van der Waals surface area contributed by atoms with Crippen LogP contribution in [0.2, 0.25) is 0 Å². The maximum Gasteiger partial charge on any atom is 0.144 e. The van der Waals surface area contributed by atoms with Gasteiger partial charge < -0.3 is 9.30 Å². The van der Waals surface area contributed by atoms with Crippen molar-refractivity contribution in [1.29, 1.82) is 0 Å². The van der Waals surface area contributed by atoms with Crippen molar-refractivity contribution in [2.45, 2.75) is 39.2 Å². The first-order chi connectivity index (χ1) is 14.6. The molecule has 4 aromatic rings. The topological polar surface area (TPSA) is 27.1 Å². The molecule has 0 amide bonds. The molecule has 3 aromatic carbocycles. The number of unbranched alkanes of at least 4 members (excludes halogenated alkanes) is 1. The van der Waals surface area contributed by atoms with Gasteiger partial charge >= 0.3 is 0 Å². The summed E-state index contributed by atoms with van der Waals surface area (Å²) in [5.41, 5.74) is 3.69. The second-order valence-electron chi connectivity index (χ2n) is 7.80. The summed E-state index contributed by atoms with van der Waals surface area (Å²) in [4.78, 5) is 4.71. The Balaban J connectivity index is 1.47. The third kappa shape index (κ3) is 4.23. The Labute approximate surface area is 177 Å². The molecule has 0 unspecified atom stereocenters. The summed E-state index contributed by atoms with van der Waals surface area (Å²) in [6.45, 7) is 5.78. The van der Waals surface area contributed by atoms with Crippen LogP contribution in [-0.2, 0) is 6.54 Å². The number of fused-ring (bicyclic) bond motifs is 1. The molecule has 0 saturated heterocycles. The number of ether oxygens (including phenoxy) is 1. The molecule has 0 aliphatic heterocycles. The van der Waals surface area contributed by atoms with Gasteiger partial charge in [0, 0.05) is 6.54 Å². The molecule has 1 aromatic heterocycles. The van der Waals surface area contributed by atoms with Crippen molar-refractivity contribution in [1.82, 2.24) is 9.55 Å². The largest absolute Gasteiger partial charge is 0.493 e. The maximum atomic E-state index is 14.4. The monoisotopic (exact) mass is 402 g/mol. The highest BCUT2D eigenvalue weighted by atomic mass is 19.1. The van der Waals surface area contributed by atoms with E-state index in [0.29, 0.717) is 23.9 Å². The number of halogens is 1. The zero-order valence-corrected chi connectivity index (χ0v) is 17.5. The van der Waals surface area contributed by atoms with Crippen LogP contribution in [0, 0.1) is 5.82 Å². The van der Waals surface area contributed by atoms with E-state index in [1.165, 1.54) is 11.6 Å².